The van der Waals surface area contributed by atoms with Crippen molar-refractivity contribution in [2.24, 2.45) is 11.8 Å². The Labute approximate surface area is 119 Å². The Kier molecular flexibility index (Phi) is 5.39. The summed E-state index contributed by atoms with van der Waals surface area (Å²) in [5.74, 6) is -1.53. The van der Waals surface area contributed by atoms with E-state index in [1.54, 1.807) is 0 Å². The lowest BCUT2D eigenvalue weighted by molar-refractivity contribution is -0.579. The average molecular weight is 290 g/mol. The van der Waals surface area contributed by atoms with E-state index in [1.165, 1.54) is 0 Å². The Morgan fingerprint density at radius 3 is 1.50 bits per heavy atom. The molecule has 0 aromatic heterocycles. The van der Waals surface area contributed by atoms with Gasteiger partial charge < -0.3 is 0 Å². The fourth-order valence-electron chi connectivity index (χ4n) is 3.41. The maximum absolute atomic E-state index is 9.19. The second-order valence-corrected chi connectivity index (χ2v) is 6.57. The van der Waals surface area contributed by atoms with Crippen molar-refractivity contribution < 1.29 is 30.1 Å². The van der Waals surface area contributed by atoms with Crippen LogP contribution in [-0.4, -0.2) is 22.1 Å². The normalized spacial score (nSPS) is 42.6. The summed E-state index contributed by atoms with van der Waals surface area (Å²) in [6.45, 7) is 4.16. The molecule has 0 aliphatic heterocycles. The molecule has 0 amide bonds. The van der Waals surface area contributed by atoms with Crippen LogP contribution in [0.3, 0.4) is 0 Å². The predicted octanol–water partition coefficient (Wildman–Crippen LogP) is 3.73. The zero-order valence-corrected chi connectivity index (χ0v) is 12.3. The lowest BCUT2D eigenvalue weighted by atomic mass is 9.86. The van der Waals surface area contributed by atoms with E-state index in [-0.39, 0.29) is 0 Å². The van der Waals surface area contributed by atoms with Crippen molar-refractivity contribution in [3.8, 4) is 0 Å². The van der Waals surface area contributed by atoms with Crippen LogP contribution in [0.1, 0.15) is 65.2 Å². The minimum atomic E-state index is -1.15. The molecule has 4 atom stereocenters. The molecule has 6 heteroatoms. The van der Waals surface area contributed by atoms with Crippen LogP contribution in [0.25, 0.3) is 0 Å². The fraction of sp³-hybridized carbons (Fsp3) is 1.00. The number of rotatable bonds is 5. The van der Waals surface area contributed by atoms with Crippen LogP contribution in [-0.2, 0) is 19.6 Å². The third kappa shape index (κ3) is 3.69. The monoisotopic (exact) mass is 290 g/mol. The summed E-state index contributed by atoms with van der Waals surface area (Å²) in [4.78, 5) is 20.0. The van der Waals surface area contributed by atoms with Crippen LogP contribution in [0, 0.1) is 11.8 Å². The number of hydrogen-bond donors (Lipinski definition) is 2. The van der Waals surface area contributed by atoms with Crippen molar-refractivity contribution in [2.75, 3.05) is 0 Å². The average Bonchev–Trinajstić information content (AvgIpc) is 2.45. The molecule has 20 heavy (non-hydrogen) atoms. The molecular formula is C14H26O6. The summed E-state index contributed by atoms with van der Waals surface area (Å²) in [6, 6.07) is 0. The van der Waals surface area contributed by atoms with Crippen molar-refractivity contribution in [1.29, 1.82) is 0 Å². The van der Waals surface area contributed by atoms with Crippen LogP contribution in [0.15, 0.2) is 0 Å². The largest absolute Gasteiger partial charge is 0.249 e. The molecule has 2 fully saturated rings. The molecule has 6 nitrogen and oxygen atoms in total. The second kappa shape index (κ2) is 6.68. The molecule has 2 rings (SSSR count). The summed E-state index contributed by atoms with van der Waals surface area (Å²) >= 11 is 0. The van der Waals surface area contributed by atoms with Gasteiger partial charge in [0, 0.05) is 25.7 Å². The Balaban J connectivity index is 1.97. The Hall–Kier alpha value is -0.240. The molecule has 0 aromatic carbocycles. The first-order valence-corrected chi connectivity index (χ1v) is 7.55. The van der Waals surface area contributed by atoms with Gasteiger partial charge in [0.05, 0.1) is 0 Å². The molecule has 118 valence electrons. The van der Waals surface area contributed by atoms with E-state index in [9.17, 15) is 10.5 Å². The Morgan fingerprint density at radius 1 is 0.800 bits per heavy atom. The summed E-state index contributed by atoms with van der Waals surface area (Å²) in [5, 5.41) is 18.4. The quantitative estimate of drug-likeness (QED) is 0.456. The molecule has 2 aliphatic rings. The fourth-order valence-corrected chi connectivity index (χ4v) is 3.41. The maximum Gasteiger partial charge on any atom is 0.234 e. The predicted molar refractivity (Wildman–Crippen MR) is 70.3 cm³/mol. The topological polar surface area (TPSA) is 77.4 Å². The third-order valence-corrected chi connectivity index (χ3v) is 4.51. The summed E-state index contributed by atoms with van der Waals surface area (Å²) in [7, 11) is 0. The highest BCUT2D eigenvalue weighted by Gasteiger charge is 2.45. The van der Waals surface area contributed by atoms with E-state index in [1.807, 2.05) is 0 Å². The van der Waals surface area contributed by atoms with Crippen molar-refractivity contribution in [2.45, 2.75) is 76.8 Å². The molecule has 0 bridgehead atoms. The molecule has 2 aliphatic carbocycles. The first-order valence-electron chi connectivity index (χ1n) is 7.55. The lowest BCUT2D eigenvalue weighted by Gasteiger charge is -2.40. The number of hydrogen-bond acceptors (Lipinski definition) is 6. The van der Waals surface area contributed by atoms with E-state index in [0.717, 1.165) is 25.7 Å². The molecule has 0 aromatic rings. The first kappa shape index (κ1) is 16.1. The van der Waals surface area contributed by atoms with Crippen molar-refractivity contribution in [3.63, 3.8) is 0 Å². The van der Waals surface area contributed by atoms with Crippen molar-refractivity contribution in [3.05, 3.63) is 0 Å². The minimum Gasteiger partial charge on any atom is -0.249 e. The highest BCUT2D eigenvalue weighted by molar-refractivity contribution is 4.79. The van der Waals surface area contributed by atoms with E-state index in [4.69, 9.17) is 9.78 Å². The van der Waals surface area contributed by atoms with Gasteiger partial charge in [0.15, 0.2) is 0 Å². The molecule has 2 N–H and O–H groups in total. The minimum absolute atomic E-state index is 0.385. The van der Waals surface area contributed by atoms with Gasteiger partial charge in [-0.05, 0) is 24.7 Å². The molecular weight excluding hydrogens is 264 g/mol. The van der Waals surface area contributed by atoms with Gasteiger partial charge in [-0.15, -0.1) is 0 Å². The van der Waals surface area contributed by atoms with Gasteiger partial charge in [-0.2, -0.15) is 9.78 Å². The van der Waals surface area contributed by atoms with Crippen LogP contribution in [0.2, 0.25) is 0 Å². The smallest absolute Gasteiger partial charge is 0.234 e. The van der Waals surface area contributed by atoms with Crippen molar-refractivity contribution >= 4 is 0 Å². The molecule has 0 spiro atoms. The molecule has 4 unspecified atom stereocenters. The maximum atomic E-state index is 9.19. The summed E-state index contributed by atoms with van der Waals surface area (Å²) in [6.07, 6.45) is 6.18. The summed E-state index contributed by atoms with van der Waals surface area (Å²) < 4.78 is 0. The van der Waals surface area contributed by atoms with Crippen LogP contribution in [0.4, 0.5) is 0 Å². The Morgan fingerprint density at radius 2 is 1.20 bits per heavy atom. The third-order valence-electron chi connectivity index (χ3n) is 4.51. The first-order chi connectivity index (χ1) is 9.53. The molecule has 0 saturated heterocycles. The van der Waals surface area contributed by atoms with E-state index >= 15 is 0 Å². The lowest BCUT2D eigenvalue weighted by Crippen LogP contribution is -2.46. The zero-order valence-electron chi connectivity index (χ0n) is 12.3. The SMILES string of the molecule is CC1CCCC(OO)(OOC2(OO)CCCC(C)C2)C1. The molecule has 0 radical (unpaired) electrons. The van der Waals surface area contributed by atoms with Crippen LogP contribution in [0.5, 0.6) is 0 Å². The van der Waals surface area contributed by atoms with Gasteiger partial charge in [0.2, 0.25) is 11.6 Å². The Bertz CT molecular complexity index is 282. The van der Waals surface area contributed by atoms with Gasteiger partial charge in [0.1, 0.15) is 0 Å². The van der Waals surface area contributed by atoms with E-state index in [2.05, 4.69) is 23.6 Å². The van der Waals surface area contributed by atoms with Crippen LogP contribution >= 0.6 is 0 Å². The highest BCUT2D eigenvalue weighted by atomic mass is 17.3. The molecule has 0 heterocycles. The zero-order chi connectivity index (χ0) is 14.6. The van der Waals surface area contributed by atoms with Crippen LogP contribution < -0.4 is 0 Å². The van der Waals surface area contributed by atoms with Crippen molar-refractivity contribution in [1.82, 2.24) is 0 Å². The van der Waals surface area contributed by atoms with Gasteiger partial charge >= 0.3 is 0 Å². The summed E-state index contributed by atoms with van der Waals surface area (Å²) in [5.41, 5.74) is 0. The van der Waals surface area contributed by atoms with E-state index < -0.39 is 11.6 Å². The highest BCUT2D eigenvalue weighted by Crippen LogP contribution is 2.40. The second-order valence-electron chi connectivity index (χ2n) is 6.57. The van der Waals surface area contributed by atoms with Gasteiger partial charge in [0.25, 0.3) is 0 Å². The van der Waals surface area contributed by atoms with Gasteiger partial charge in [-0.1, -0.05) is 26.7 Å². The van der Waals surface area contributed by atoms with Gasteiger partial charge in [-0.3, -0.25) is 0 Å². The van der Waals surface area contributed by atoms with E-state index in [0.29, 0.717) is 37.5 Å². The molecule has 2 saturated carbocycles. The standard InChI is InChI=1S/C14H26O6/c1-11-5-3-7-13(9-11,17-15)19-20-14(18-16)8-4-6-12(2)10-14/h11-12,15-16H,3-10H2,1-2H3. The van der Waals surface area contributed by atoms with Gasteiger partial charge in [-0.25, -0.2) is 20.3 Å².